The molecule has 4 amide bonds. The predicted octanol–water partition coefficient (Wildman–Crippen LogP) is 0.882. The molecule has 4 rings (SSSR count). The topological polar surface area (TPSA) is 110 Å². The molecule has 0 aliphatic carbocycles. The summed E-state index contributed by atoms with van der Waals surface area (Å²) < 4.78 is 4.81. The second-order valence-electron chi connectivity index (χ2n) is 5.96. The van der Waals surface area contributed by atoms with Gasteiger partial charge in [0.05, 0.1) is 6.54 Å². The lowest BCUT2D eigenvalue weighted by molar-refractivity contribution is -0.141. The Hall–Kier alpha value is -3.55. The molecule has 0 unspecified atom stereocenters. The van der Waals surface area contributed by atoms with Gasteiger partial charge in [-0.3, -0.25) is 34.2 Å². The highest BCUT2D eigenvalue weighted by molar-refractivity contribution is 6.33. The Kier molecular flexibility index (Phi) is 3.36. The van der Waals surface area contributed by atoms with Crippen molar-refractivity contribution in [3.63, 3.8) is 0 Å². The lowest BCUT2D eigenvalue weighted by Gasteiger charge is -2.29. The molecule has 8 nitrogen and oxygen atoms in total. The third-order valence-electron chi connectivity index (χ3n) is 4.45. The fourth-order valence-electron chi connectivity index (χ4n) is 3.33. The molecule has 0 atom stereocenters. The number of nitrogens with zero attached hydrogens (tertiary/aromatic N) is 1. The van der Waals surface area contributed by atoms with Gasteiger partial charge in [0.15, 0.2) is 0 Å². The first kappa shape index (κ1) is 15.9. The van der Waals surface area contributed by atoms with E-state index >= 15 is 0 Å². The average molecular weight is 352 g/mol. The van der Waals surface area contributed by atoms with E-state index in [1.54, 1.807) is 0 Å². The number of carbonyl (C=O) groups excluding carboxylic acids is 5. The van der Waals surface area contributed by atoms with Gasteiger partial charge in [0.2, 0.25) is 0 Å². The summed E-state index contributed by atoms with van der Waals surface area (Å²) in [6.07, 6.45) is 0. The fraction of sp³-hybridized carbons (Fsp3) is 0.167. The summed E-state index contributed by atoms with van der Waals surface area (Å²) in [5.41, 5.74) is 0.944. The van der Waals surface area contributed by atoms with Crippen molar-refractivity contribution in [2.45, 2.75) is 6.92 Å². The Morgan fingerprint density at radius 2 is 1.35 bits per heavy atom. The maximum Gasteiger partial charge on any atom is 0.302 e. The van der Waals surface area contributed by atoms with E-state index in [0.717, 1.165) is 4.90 Å². The van der Waals surface area contributed by atoms with Crippen LogP contribution >= 0.6 is 0 Å². The zero-order valence-electron chi connectivity index (χ0n) is 13.6. The first-order chi connectivity index (χ1) is 12.4. The summed E-state index contributed by atoms with van der Waals surface area (Å²) in [6, 6.07) is 5.86. The van der Waals surface area contributed by atoms with Gasteiger partial charge in [-0.1, -0.05) is 0 Å². The van der Waals surface area contributed by atoms with Crippen molar-refractivity contribution < 1.29 is 28.7 Å². The van der Waals surface area contributed by atoms with Gasteiger partial charge in [0.1, 0.15) is 6.61 Å². The molecule has 0 saturated heterocycles. The van der Waals surface area contributed by atoms with Crippen molar-refractivity contribution in [2.24, 2.45) is 0 Å². The molecule has 0 aromatic heterocycles. The molecule has 0 spiro atoms. The summed E-state index contributed by atoms with van der Waals surface area (Å²) in [6.45, 7) is 1.04. The van der Waals surface area contributed by atoms with Gasteiger partial charge in [-0.2, -0.15) is 0 Å². The molecule has 0 fully saturated rings. The van der Waals surface area contributed by atoms with Crippen LogP contribution in [0.15, 0.2) is 24.3 Å². The van der Waals surface area contributed by atoms with Crippen LogP contribution in [0.4, 0.5) is 0 Å². The van der Waals surface area contributed by atoms with Crippen LogP contribution in [0.5, 0.6) is 0 Å². The van der Waals surface area contributed by atoms with E-state index < -0.39 is 29.6 Å². The minimum atomic E-state index is -0.566. The number of rotatable bonds is 3. The fourth-order valence-corrected chi connectivity index (χ4v) is 3.33. The summed E-state index contributed by atoms with van der Waals surface area (Å²) in [5.74, 6) is -2.76. The van der Waals surface area contributed by atoms with E-state index in [2.05, 4.69) is 5.32 Å². The van der Waals surface area contributed by atoms with Gasteiger partial charge in [-0.05, 0) is 24.3 Å². The predicted molar refractivity (Wildman–Crippen MR) is 87.7 cm³/mol. The minimum Gasteiger partial charge on any atom is -0.464 e. The molecule has 26 heavy (non-hydrogen) atoms. The van der Waals surface area contributed by atoms with Crippen molar-refractivity contribution in [1.29, 1.82) is 0 Å². The van der Waals surface area contributed by atoms with Crippen molar-refractivity contribution in [3.8, 4) is 0 Å². The Morgan fingerprint density at radius 3 is 1.85 bits per heavy atom. The maximum absolute atomic E-state index is 12.8. The number of hydrogen-bond acceptors (Lipinski definition) is 6. The van der Waals surface area contributed by atoms with Crippen LogP contribution in [0.2, 0.25) is 0 Å². The van der Waals surface area contributed by atoms with Gasteiger partial charge >= 0.3 is 5.97 Å². The highest BCUT2D eigenvalue weighted by Gasteiger charge is 2.36. The zero-order chi connectivity index (χ0) is 18.6. The number of nitrogens with one attached hydrogen (secondary N) is 1. The van der Waals surface area contributed by atoms with Crippen molar-refractivity contribution in [3.05, 3.63) is 46.5 Å². The van der Waals surface area contributed by atoms with Crippen molar-refractivity contribution in [2.75, 3.05) is 13.2 Å². The van der Waals surface area contributed by atoms with Crippen LogP contribution < -0.4 is 5.32 Å². The van der Waals surface area contributed by atoms with E-state index in [-0.39, 0.29) is 35.4 Å². The van der Waals surface area contributed by atoms with E-state index in [1.807, 2.05) is 0 Å². The smallest absolute Gasteiger partial charge is 0.302 e. The number of esters is 1. The number of benzene rings is 2. The van der Waals surface area contributed by atoms with E-state index in [9.17, 15) is 24.0 Å². The van der Waals surface area contributed by atoms with Crippen molar-refractivity contribution in [1.82, 2.24) is 10.2 Å². The molecular weight excluding hydrogens is 340 g/mol. The molecule has 0 radical (unpaired) electrons. The summed E-state index contributed by atoms with van der Waals surface area (Å²) >= 11 is 0. The molecule has 130 valence electrons. The Balaban J connectivity index is 1.88. The molecule has 0 saturated carbocycles. The normalized spacial score (nSPS) is 15.3. The van der Waals surface area contributed by atoms with Gasteiger partial charge in [-0.15, -0.1) is 0 Å². The van der Waals surface area contributed by atoms with E-state index in [4.69, 9.17) is 4.74 Å². The maximum atomic E-state index is 12.8. The van der Waals surface area contributed by atoms with Crippen LogP contribution in [-0.2, 0) is 9.53 Å². The van der Waals surface area contributed by atoms with Crippen LogP contribution in [0.25, 0.3) is 10.8 Å². The van der Waals surface area contributed by atoms with E-state index in [0.29, 0.717) is 10.8 Å². The Bertz CT molecular complexity index is 987. The van der Waals surface area contributed by atoms with Crippen LogP contribution in [0, 0.1) is 0 Å². The number of imide groups is 2. The summed E-state index contributed by atoms with van der Waals surface area (Å²) in [5, 5.41) is 2.86. The third kappa shape index (κ3) is 2.12. The molecular formula is C18H12N2O6. The number of carbonyl (C=O) groups is 5. The lowest BCUT2D eigenvalue weighted by Crippen LogP contribution is -2.43. The summed E-state index contributed by atoms with van der Waals surface area (Å²) in [7, 11) is 0. The van der Waals surface area contributed by atoms with Crippen LogP contribution in [0.3, 0.4) is 0 Å². The highest BCUT2D eigenvalue weighted by atomic mass is 16.5. The second kappa shape index (κ2) is 5.48. The monoisotopic (exact) mass is 352 g/mol. The molecule has 2 heterocycles. The van der Waals surface area contributed by atoms with Crippen LogP contribution in [-0.4, -0.2) is 47.6 Å². The molecule has 2 aromatic rings. The summed E-state index contributed by atoms with van der Waals surface area (Å²) in [4.78, 5) is 61.6. The number of hydrogen-bond donors (Lipinski definition) is 1. The molecule has 1 N–H and O–H groups in total. The molecule has 2 aromatic carbocycles. The Morgan fingerprint density at radius 1 is 0.885 bits per heavy atom. The number of ether oxygens (including phenoxy) is 1. The first-order valence-corrected chi connectivity index (χ1v) is 7.85. The lowest BCUT2D eigenvalue weighted by atomic mass is 9.86. The standard InChI is InChI=1S/C18H12N2O6/c1-8(21)26-7-6-20-17(24)11-4-2-9-13-10(16(23)19-15(9)22)3-5-12(14(11)13)18(20)25/h2-5H,6-7H2,1H3,(H,19,22,23). The number of amides is 4. The first-order valence-electron chi connectivity index (χ1n) is 7.85. The average Bonchev–Trinajstić information content (AvgIpc) is 2.60. The van der Waals surface area contributed by atoms with E-state index in [1.165, 1.54) is 31.2 Å². The molecule has 8 heteroatoms. The molecule has 2 aliphatic heterocycles. The highest BCUT2D eigenvalue weighted by Crippen LogP contribution is 2.35. The zero-order valence-corrected chi connectivity index (χ0v) is 13.6. The molecule has 0 bridgehead atoms. The SMILES string of the molecule is CC(=O)OCCN1C(=O)c2ccc3c4c(ccc(c24)C1=O)C(=O)NC3=O. The van der Waals surface area contributed by atoms with Crippen molar-refractivity contribution >= 4 is 40.4 Å². The Labute approximate surface area is 146 Å². The van der Waals surface area contributed by atoms with Gasteiger partial charge in [0.25, 0.3) is 23.6 Å². The van der Waals surface area contributed by atoms with Gasteiger partial charge in [0, 0.05) is 39.9 Å². The minimum absolute atomic E-state index is 0.0822. The van der Waals surface area contributed by atoms with Gasteiger partial charge < -0.3 is 4.74 Å². The van der Waals surface area contributed by atoms with Gasteiger partial charge in [-0.25, -0.2) is 0 Å². The molecule has 2 aliphatic rings. The van der Waals surface area contributed by atoms with Crippen LogP contribution in [0.1, 0.15) is 48.4 Å². The second-order valence-corrected chi connectivity index (χ2v) is 5.96. The quantitative estimate of drug-likeness (QED) is 0.649. The third-order valence-corrected chi connectivity index (χ3v) is 4.45. The largest absolute Gasteiger partial charge is 0.464 e.